The number of hydrogen-bond acceptors (Lipinski definition) is 2. The van der Waals surface area contributed by atoms with Crippen LogP contribution < -0.4 is 4.90 Å². The summed E-state index contributed by atoms with van der Waals surface area (Å²) >= 11 is 0. The van der Waals surface area contributed by atoms with E-state index in [1.54, 1.807) is 0 Å². The van der Waals surface area contributed by atoms with Crippen LogP contribution in [-0.4, -0.2) is 18.9 Å². The van der Waals surface area contributed by atoms with E-state index in [1.165, 1.54) is 17.7 Å². The Morgan fingerprint density at radius 3 is 2.45 bits per heavy atom. The van der Waals surface area contributed by atoms with Gasteiger partial charge in [-0.1, -0.05) is 30.3 Å². The Balaban J connectivity index is 1.68. The van der Waals surface area contributed by atoms with Gasteiger partial charge in [-0.15, -0.1) is 0 Å². The fraction of sp³-hybridized carbons (Fsp3) is 0.235. The summed E-state index contributed by atoms with van der Waals surface area (Å²) in [5.41, 5.74) is 2.34. The van der Waals surface area contributed by atoms with Crippen LogP contribution in [0.1, 0.15) is 12.0 Å². The van der Waals surface area contributed by atoms with Crippen LogP contribution in [0.2, 0.25) is 0 Å². The highest BCUT2D eigenvalue weighted by Crippen LogP contribution is 2.20. The van der Waals surface area contributed by atoms with Crippen molar-refractivity contribution in [3.63, 3.8) is 0 Å². The SMILES string of the molecule is Fc1ccc(N2CCN=C2CCc2ccccc2)cc1. The molecule has 0 N–H and O–H groups in total. The first kappa shape index (κ1) is 12.9. The van der Waals surface area contributed by atoms with Crippen molar-refractivity contribution in [2.45, 2.75) is 12.8 Å². The fourth-order valence-corrected chi connectivity index (χ4v) is 2.51. The highest BCUT2D eigenvalue weighted by molar-refractivity contribution is 5.99. The summed E-state index contributed by atoms with van der Waals surface area (Å²) in [4.78, 5) is 6.76. The van der Waals surface area contributed by atoms with Crippen molar-refractivity contribution in [1.82, 2.24) is 0 Å². The highest BCUT2D eigenvalue weighted by Gasteiger charge is 2.18. The second-order valence-corrected chi connectivity index (χ2v) is 4.91. The van der Waals surface area contributed by atoms with Crippen molar-refractivity contribution < 1.29 is 4.39 Å². The van der Waals surface area contributed by atoms with Crippen LogP contribution in [0.25, 0.3) is 0 Å². The fourth-order valence-electron chi connectivity index (χ4n) is 2.51. The zero-order chi connectivity index (χ0) is 13.8. The molecule has 0 radical (unpaired) electrons. The van der Waals surface area contributed by atoms with Gasteiger partial charge in [-0.3, -0.25) is 4.99 Å². The lowest BCUT2D eigenvalue weighted by molar-refractivity contribution is 0.628. The van der Waals surface area contributed by atoms with E-state index >= 15 is 0 Å². The van der Waals surface area contributed by atoms with Crippen molar-refractivity contribution in [2.24, 2.45) is 4.99 Å². The second-order valence-electron chi connectivity index (χ2n) is 4.91. The molecule has 2 nitrogen and oxygen atoms in total. The monoisotopic (exact) mass is 268 g/mol. The number of aryl methyl sites for hydroxylation is 1. The molecule has 1 aliphatic rings. The zero-order valence-corrected chi connectivity index (χ0v) is 11.3. The van der Waals surface area contributed by atoms with Crippen molar-refractivity contribution in [2.75, 3.05) is 18.0 Å². The number of amidine groups is 1. The number of rotatable bonds is 4. The Bertz CT molecular complexity index is 590. The molecule has 3 rings (SSSR count). The summed E-state index contributed by atoms with van der Waals surface area (Å²) in [5, 5.41) is 0. The number of nitrogens with zero attached hydrogens (tertiary/aromatic N) is 2. The number of anilines is 1. The molecule has 3 heteroatoms. The van der Waals surface area contributed by atoms with Crippen LogP contribution in [0.3, 0.4) is 0 Å². The Morgan fingerprint density at radius 1 is 0.950 bits per heavy atom. The van der Waals surface area contributed by atoms with Crippen molar-refractivity contribution in [1.29, 1.82) is 0 Å². The van der Waals surface area contributed by atoms with Gasteiger partial charge in [-0.05, 0) is 36.2 Å². The molecule has 0 aliphatic carbocycles. The van der Waals surface area contributed by atoms with E-state index < -0.39 is 0 Å². The average molecular weight is 268 g/mol. The molecule has 0 fully saturated rings. The lowest BCUT2D eigenvalue weighted by Gasteiger charge is -2.20. The molecule has 1 heterocycles. The Morgan fingerprint density at radius 2 is 1.70 bits per heavy atom. The molecule has 102 valence electrons. The van der Waals surface area contributed by atoms with E-state index in [0.29, 0.717) is 0 Å². The molecule has 2 aromatic carbocycles. The van der Waals surface area contributed by atoms with Gasteiger partial charge in [-0.25, -0.2) is 4.39 Å². The molecule has 0 saturated heterocycles. The Kier molecular flexibility index (Phi) is 3.77. The maximum Gasteiger partial charge on any atom is 0.123 e. The predicted octanol–water partition coefficient (Wildman–Crippen LogP) is 3.68. The molecule has 1 aliphatic heterocycles. The van der Waals surface area contributed by atoms with Gasteiger partial charge in [0.25, 0.3) is 0 Å². The molecule has 0 atom stereocenters. The minimum Gasteiger partial charge on any atom is -0.328 e. The van der Waals surface area contributed by atoms with Gasteiger partial charge in [-0.2, -0.15) is 0 Å². The molecule has 0 spiro atoms. The van der Waals surface area contributed by atoms with Gasteiger partial charge >= 0.3 is 0 Å². The molecule has 0 unspecified atom stereocenters. The normalized spacial score (nSPS) is 14.4. The number of halogens is 1. The standard InChI is InChI=1S/C17H17FN2/c18-15-7-9-16(10-8-15)20-13-12-19-17(20)11-6-14-4-2-1-3-5-14/h1-5,7-10H,6,11-13H2. The van der Waals surface area contributed by atoms with E-state index in [2.05, 4.69) is 34.2 Å². The number of hydrogen-bond donors (Lipinski definition) is 0. The minimum absolute atomic E-state index is 0.198. The molecule has 0 saturated carbocycles. The Hall–Kier alpha value is -2.16. The summed E-state index contributed by atoms with van der Waals surface area (Å²) in [6.45, 7) is 1.71. The first-order valence-electron chi connectivity index (χ1n) is 6.93. The minimum atomic E-state index is -0.198. The third-order valence-electron chi connectivity index (χ3n) is 3.55. The molecule has 2 aromatic rings. The van der Waals surface area contributed by atoms with Gasteiger partial charge in [0, 0.05) is 18.7 Å². The largest absolute Gasteiger partial charge is 0.328 e. The lowest BCUT2D eigenvalue weighted by Crippen LogP contribution is -2.27. The van der Waals surface area contributed by atoms with E-state index in [0.717, 1.165) is 37.5 Å². The van der Waals surface area contributed by atoms with Crippen LogP contribution in [-0.2, 0) is 6.42 Å². The van der Waals surface area contributed by atoms with Crippen LogP contribution in [0.5, 0.6) is 0 Å². The summed E-state index contributed by atoms with van der Waals surface area (Å²) < 4.78 is 13.0. The maximum absolute atomic E-state index is 13.0. The average Bonchev–Trinajstić information content (AvgIpc) is 2.95. The van der Waals surface area contributed by atoms with Crippen molar-refractivity contribution in [3.8, 4) is 0 Å². The third kappa shape index (κ3) is 2.87. The van der Waals surface area contributed by atoms with Crippen molar-refractivity contribution >= 4 is 11.5 Å². The smallest absolute Gasteiger partial charge is 0.123 e. The van der Waals surface area contributed by atoms with Crippen LogP contribution in [0.15, 0.2) is 59.6 Å². The maximum atomic E-state index is 13.0. The topological polar surface area (TPSA) is 15.6 Å². The van der Waals surface area contributed by atoms with Crippen LogP contribution in [0, 0.1) is 5.82 Å². The second kappa shape index (κ2) is 5.87. The van der Waals surface area contributed by atoms with Gasteiger partial charge < -0.3 is 4.90 Å². The van der Waals surface area contributed by atoms with Gasteiger partial charge in [0.1, 0.15) is 11.7 Å². The highest BCUT2D eigenvalue weighted by atomic mass is 19.1. The summed E-state index contributed by atoms with van der Waals surface area (Å²) in [7, 11) is 0. The first-order chi connectivity index (χ1) is 9.83. The van der Waals surface area contributed by atoms with E-state index in [1.807, 2.05) is 18.2 Å². The van der Waals surface area contributed by atoms with Gasteiger partial charge in [0.15, 0.2) is 0 Å². The van der Waals surface area contributed by atoms with Crippen LogP contribution >= 0.6 is 0 Å². The Labute approximate surface area is 118 Å². The third-order valence-corrected chi connectivity index (χ3v) is 3.55. The number of benzene rings is 2. The molecular formula is C17H17FN2. The molecule has 0 aromatic heterocycles. The molecular weight excluding hydrogens is 251 g/mol. The molecule has 0 bridgehead atoms. The van der Waals surface area contributed by atoms with Crippen molar-refractivity contribution in [3.05, 3.63) is 66.0 Å². The van der Waals surface area contributed by atoms with E-state index in [9.17, 15) is 4.39 Å². The van der Waals surface area contributed by atoms with Crippen LogP contribution in [0.4, 0.5) is 10.1 Å². The molecule has 20 heavy (non-hydrogen) atoms. The quantitative estimate of drug-likeness (QED) is 0.826. The first-order valence-corrected chi connectivity index (χ1v) is 6.93. The zero-order valence-electron chi connectivity index (χ0n) is 11.3. The predicted molar refractivity (Wildman–Crippen MR) is 80.8 cm³/mol. The number of aliphatic imine (C=N–C) groups is 1. The van der Waals surface area contributed by atoms with Gasteiger partial charge in [0.05, 0.1) is 6.54 Å². The lowest BCUT2D eigenvalue weighted by atomic mass is 10.1. The van der Waals surface area contributed by atoms with Gasteiger partial charge in [0.2, 0.25) is 0 Å². The summed E-state index contributed by atoms with van der Waals surface area (Å²) in [6, 6.07) is 17.1. The van der Waals surface area contributed by atoms with E-state index in [-0.39, 0.29) is 5.82 Å². The summed E-state index contributed by atoms with van der Waals surface area (Å²) in [6.07, 6.45) is 1.90. The summed E-state index contributed by atoms with van der Waals surface area (Å²) in [5.74, 6) is 0.899. The molecule has 0 amide bonds. The van der Waals surface area contributed by atoms with E-state index in [4.69, 9.17) is 0 Å².